The lowest BCUT2D eigenvalue weighted by Crippen LogP contribution is -2.50. The van der Waals surface area contributed by atoms with E-state index in [1.54, 1.807) is 0 Å². The molecule has 270 valence electrons. The number of fused-ring (bicyclic) bond motifs is 2. The Balaban J connectivity index is 0.00000270. The van der Waals surface area contributed by atoms with Crippen LogP contribution in [-0.4, -0.2) is 102 Å². The number of alkyl carbamates (subject to hydrolysis) is 1. The van der Waals surface area contributed by atoms with Crippen molar-refractivity contribution in [2.75, 3.05) is 51.3 Å². The standard InChI is InChI=1S/C35H47N5O6S.2H2S/c1-23(2)18-40(19-25-10-11-27-31(17-25)47-34(36-27)38-32(42)21-39-13-6-7-14-39)20-29(41)28(16-24-8-4-3-5-9-24)37-35(43)46-30-22-45-33-26(30)12-15-44-33;;/h3-5,8-11,17,23,26,28-30,33,41H,6-7,12-16,18-22H2,1-2H3,(H,37,43)(H,36,38,42);2*1H2. The van der Waals surface area contributed by atoms with Crippen molar-refractivity contribution < 1.29 is 28.9 Å². The molecular weight excluding hydrogens is 683 g/mol. The summed E-state index contributed by atoms with van der Waals surface area (Å²) >= 11 is 1.48. The summed E-state index contributed by atoms with van der Waals surface area (Å²) in [6.07, 6.45) is 1.46. The van der Waals surface area contributed by atoms with Gasteiger partial charge in [0.05, 0.1) is 48.0 Å². The van der Waals surface area contributed by atoms with Crippen LogP contribution in [0.2, 0.25) is 0 Å². The average Bonchev–Trinajstić information content (AvgIpc) is 3.84. The molecule has 6 rings (SSSR count). The van der Waals surface area contributed by atoms with Gasteiger partial charge in [0.2, 0.25) is 5.91 Å². The van der Waals surface area contributed by atoms with Crippen molar-refractivity contribution in [2.24, 2.45) is 11.8 Å². The number of benzene rings is 2. The molecule has 14 heteroatoms. The number of rotatable bonds is 14. The van der Waals surface area contributed by atoms with E-state index in [2.05, 4.69) is 51.4 Å². The Morgan fingerprint density at radius 3 is 2.61 bits per heavy atom. The van der Waals surface area contributed by atoms with Crippen LogP contribution in [0.15, 0.2) is 48.5 Å². The molecule has 0 aliphatic carbocycles. The average molecular weight is 734 g/mol. The smallest absolute Gasteiger partial charge is 0.407 e. The minimum absolute atomic E-state index is 0. The molecule has 1 aromatic heterocycles. The molecule has 11 nitrogen and oxygen atoms in total. The van der Waals surface area contributed by atoms with Gasteiger partial charge in [0, 0.05) is 19.6 Å². The third-order valence-corrected chi connectivity index (χ3v) is 9.98. The summed E-state index contributed by atoms with van der Waals surface area (Å²) in [5, 5.41) is 18.2. The fraction of sp³-hybridized carbons (Fsp3) is 0.571. The van der Waals surface area contributed by atoms with Crippen LogP contribution in [0.5, 0.6) is 0 Å². The fourth-order valence-corrected chi connectivity index (χ4v) is 7.76. The number of carbonyl (C=O) groups excluding carboxylic acids is 2. The Morgan fingerprint density at radius 2 is 1.86 bits per heavy atom. The second-order valence-corrected chi connectivity index (χ2v) is 14.4. The van der Waals surface area contributed by atoms with Gasteiger partial charge in [0.1, 0.15) is 6.10 Å². The van der Waals surface area contributed by atoms with Crippen LogP contribution in [-0.2, 0) is 32.0 Å². The minimum atomic E-state index is -0.853. The lowest BCUT2D eigenvalue weighted by molar-refractivity contribution is -0.117. The number of hydrogen-bond acceptors (Lipinski definition) is 10. The molecule has 2 amide bonds. The molecule has 0 spiro atoms. The molecule has 3 fully saturated rings. The van der Waals surface area contributed by atoms with Crippen molar-refractivity contribution in [3.8, 4) is 0 Å². The van der Waals surface area contributed by atoms with Crippen LogP contribution in [0.25, 0.3) is 10.2 Å². The van der Waals surface area contributed by atoms with Gasteiger partial charge in [0.15, 0.2) is 11.4 Å². The molecule has 3 aliphatic rings. The van der Waals surface area contributed by atoms with Crippen LogP contribution < -0.4 is 10.6 Å². The van der Waals surface area contributed by atoms with E-state index < -0.39 is 18.2 Å². The van der Waals surface area contributed by atoms with Crippen LogP contribution in [0, 0.1) is 11.8 Å². The van der Waals surface area contributed by atoms with Gasteiger partial charge in [-0.25, -0.2) is 9.78 Å². The fourth-order valence-electron chi connectivity index (χ4n) is 6.82. The zero-order valence-corrected chi connectivity index (χ0v) is 31.1. The van der Waals surface area contributed by atoms with Crippen molar-refractivity contribution in [3.63, 3.8) is 0 Å². The van der Waals surface area contributed by atoms with Crippen molar-refractivity contribution in [1.29, 1.82) is 0 Å². The van der Waals surface area contributed by atoms with Crippen molar-refractivity contribution >= 4 is 65.7 Å². The number of aliphatic hydroxyl groups excluding tert-OH is 1. The maximum Gasteiger partial charge on any atom is 0.407 e. The highest BCUT2D eigenvalue weighted by Gasteiger charge is 2.44. The Morgan fingerprint density at radius 1 is 1.08 bits per heavy atom. The second-order valence-electron chi connectivity index (χ2n) is 13.4. The first-order valence-corrected chi connectivity index (χ1v) is 17.7. The Labute approximate surface area is 307 Å². The van der Waals surface area contributed by atoms with Gasteiger partial charge in [-0.05, 0) is 68.0 Å². The van der Waals surface area contributed by atoms with Crippen LogP contribution >= 0.6 is 38.3 Å². The first-order chi connectivity index (χ1) is 22.8. The molecule has 0 radical (unpaired) electrons. The number of hydrogen-bond donors (Lipinski definition) is 3. The van der Waals surface area contributed by atoms with E-state index in [1.807, 2.05) is 36.4 Å². The van der Waals surface area contributed by atoms with Crippen molar-refractivity contribution in [3.05, 3.63) is 59.7 Å². The number of aliphatic hydroxyl groups is 1. The van der Waals surface area contributed by atoms with Gasteiger partial charge in [-0.1, -0.05) is 61.6 Å². The zero-order chi connectivity index (χ0) is 32.8. The summed E-state index contributed by atoms with van der Waals surface area (Å²) in [4.78, 5) is 34.7. The number of nitrogens with zero attached hydrogens (tertiary/aromatic N) is 3. The lowest BCUT2D eigenvalue weighted by Gasteiger charge is -2.31. The maximum absolute atomic E-state index is 13.1. The summed E-state index contributed by atoms with van der Waals surface area (Å²) in [5.41, 5.74) is 2.95. The molecule has 3 N–H and O–H groups in total. The van der Waals surface area contributed by atoms with Crippen molar-refractivity contribution in [2.45, 2.75) is 70.6 Å². The maximum atomic E-state index is 13.1. The lowest BCUT2D eigenvalue weighted by atomic mass is 10.00. The molecule has 5 unspecified atom stereocenters. The number of aromatic nitrogens is 1. The Hall–Kier alpha value is -2.43. The summed E-state index contributed by atoms with van der Waals surface area (Å²) < 4.78 is 18.0. The third kappa shape index (κ3) is 11.0. The third-order valence-electron chi connectivity index (χ3n) is 9.05. The zero-order valence-electron chi connectivity index (χ0n) is 28.3. The Kier molecular flexibility index (Phi) is 15.0. The number of thiazole rings is 1. The predicted molar refractivity (Wildman–Crippen MR) is 202 cm³/mol. The highest BCUT2D eigenvalue weighted by Crippen LogP contribution is 2.33. The molecule has 3 aliphatic heterocycles. The van der Waals surface area contributed by atoms with Gasteiger partial charge in [-0.15, -0.1) is 0 Å². The summed E-state index contributed by atoms with van der Waals surface area (Å²) in [5.74, 6) is 0.373. The molecule has 3 aromatic rings. The number of likely N-dealkylation sites (tertiary alicyclic amines) is 1. The normalized spacial score (nSPS) is 21.6. The SMILES string of the molecule is CC(C)CN(Cc1ccc2nc(NC(=O)CN3CCCC3)sc2c1)CC(O)C(Cc1ccccc1)NC(=O)OC1COC2OCCC12.S.S. The number of anilines is 1. The van der Waals surface area contributed by atoms with Crippen molar-refractivity contribution in [1.82, 2.24) is 20.1 Å². The summed E-state index contributed by atoms with van der Waals surface area (Å²) in [6, 6.07) is 15.5. The topological polar surface area (TPSA) is 125 Å². The van der Waals surface area contributed by atoms with Gasteiger partial charge in [-0.2, -0.15) is 27.0 Å². The molecule has 0 saturated carbocycles. The molecule has 5 atom stereocenters. The van der Waals surface area contributed by atoms with Crippen LogP contribution in [0.4, 0.5) is 9.93 Å². The summed E-state index contributed by atoms with van der Waals surface area (Å²) in [6.45, 7) is 9.31. The number of carbonyl (C=O) groups is 2. The number of ether oxygens (including phenoxy) is 3. The molecule has 3 saturated heterocycles. The van der Waals surface area contributed by atoms with Crippen LogP contribution in [0.3, 0.4) is 0 Å². The van der Waals surface area contributed by atoms with Crippen LogP contribution in [0.1, 0.15) is 44.2 Å². The van der Waals surface area contributed by atoms with E-state index in [-0.39, 0.29) is 51.2 Å². The molecule has 0 bridgehead atoms. The van der Waals surface area contributed by atoms with E-state index in [4.69, 9.17) is 14.2 Å². The molecular formula is C35H51N5O6S3. The number of nitrogens with one attached hydrogen (secondary N) is 2. The van der Waals surface area contributed by atoms with Gasteiger partial charge in [0.25, 0.3) is 0 Å². The van der Waals surface area contributed by atoms with E-state index >= 15 is 0 Å². The second kappa shape index (κ2) is 18.7. The Bertz CT molecular complexity index is 1490. The number of amides is 2. The van der Waals surface area contributed by atoms with Gasteiger partial charge < -0.3 is 30.0 Å². The van der Waals surface area contributed by atoms with Gasteiger partial charge in [-0.3, -0.25) is 14.6 Å². The predicted octanol–water partition coefficient (Wildman–Crippen LogP) is 4.47. The van der Waals surface area contributed by atoms with E-state index in [0.717, 1.165) is 60.2 Å². The molecule has 4 heterocycles. The largest absolute Gasteiger partial charge is 0.443 e. The first kappa shape index (κ1) is 39.4. The molecule has 49 heavy (non-hydrogen) atoms. The van der Waals surface area contributed by atoms with E-state index in [0.29, 0.717) is 50.3 Å². The minimum Gasteiger partial charge on any atom is -0.443 e. The van der Waals surface area contributed by atoms with E-state index in [1.165, 1.54) is 11.3 Å². The first-order valence-electron chi connectivity index (χ1n) is 16.9. The molecule has 2 aromatic carbocycles. The van der Waals surface area contributed by atoms with E-state index in [9.17, 15) is 14.7 Å². The monoisotopic (exact) mass is 733 g/mol. The highest BCUT2D eigenvalue weighted by atomic mass is 32.1. The van der Waals surface area contributed by atoms with Gasteiger partial charge >= 0.3 is 6.09 Å². The highest BCUT2D eigenvalue weighted by molar-refractivity contribution is 7.59. The quantitative estimate of drug-likeness (QED) is 0.220. The summed E-state index contributed by atoms with van der Waals surface area (Å²) in [7, 11) is 0.